The molecule has 0 aliphatic carbocycles. The topological polar surface area (TPSA) is 74.0 Å². The molecule has 8 heteroatoms. The van der Waals surface area contributed by atoms with Crippen LogP contribution in [0.5, 0.6) is 0 Å². The van der Waals surface area contributed by atoms with Gasteiger partial charge < -0.3 is 23.4 Å². The monoisotopic (exact) mass is 414 g/mol. The highest BCUT2D eigenvalue weighted by molar-refractivity contribution is 6.62. The van der Waals surface area contributed by atoms with Crippen molar-refractivity contribution in [3.05, 3.63) is 24.1 Å². The fourth-order valence-corrected chi connectivity index (χ4v) is 3.85. The Balaban J connectivity index is 1.44. The molecule has 2 aliphatic heterocycles. The summed E-state index contributed by atoms with van der Waals surface area (Å²) < 4.78 is 23.7. The van der Waals surface area contributed by atoms with Gasteiger partial charge in [0.15, 0.2) is 11.5 Å². The molecule has 2 aromatic rings. The number of oxazole rings is 1. The van der Waals surface area contributed by atoms with E-state index in [2.05, 4.69) is 0 Å². The van der Waals surface area contributed by atoms with E-state index in [1.807, 2.05) is 52.8 Å². The summed E-state index contributed by atoms with van der Waals surface area (Å²) in [6, 6.07) is 5.91. The van der Waals surface area contributed by atoms with Crippen molar-refractivity contribution in [2.75, 3.05) is 19.7 Å². The number of hydrogen-bond donors (Lipinski definition) is 0. The predicted octanol–water partition coefficient (Wildman–Crippen LogP) is 3.85. The van der Waals surface area contributed by atoms with Crippen molar-refractivity contribution in [2.24, 2.45) is 0 Å². The number of amides is 1. The first-order chi connectivity index (χ1) is 14.2. The van der Waals surface area contributed by atoms with Gasteiger partial charge in [-0.2, -0.15) is 0 Å². The van der Waals surface area contributed by atoms with Crippen molar-refractivity contribution in [1.82, 2.24) is 9.88 Å². The van der Waals surface area contributed by atoms with E-state index in [1.165, 1.54) is 0 Å². The zero-order chi connectivity index (χ0) is 21.5. The molecule has 0 unspecified atom stereocenters. The molecule has 4 rings (SSSR count). The van der Waals surface area contributed by atoms with Gasteiger partial charge in [-0.15, -0.1) is 0 Å². The smallest absolute Gasteiger partial charge is 0.449 e. The number of nitrogens with zero attached hydrogens (tertiary/aromatic N) is 2. The third kappa shape index (κ3) is 3.95. The van der Waals surface area contributed by atoms with Gasteiger partial charge in [0, 0.05) is 19.0 Å². The molecule has 7 nitrogen and oxygen atoms in total. The van der Waals surface area contributed by atoms with Crippen molar-refractivity contribution < 1.29 is 23.3 Å². The number of piperidine rings is 1. The number of carbonyl (C=O) groups excluding carboxylic acids is 1. The maximum atomic E-state index is 12.0. The number of aromatic nitrogens is 1. The Morgan fingerprint density at radius 2 is 1.87 bits per heavy atom. The highest BCUT2D eigenvalue weighted by Gasteiger charge is 2.51. The average molecular weight is 414 g/mol. The number of hydrogen-bond acceptors (Lipinski definition) is 6. The first-order valence-electron chi connectivity index (χ1n) is 10.9. The first kappa shape index (κ1) is 21.2. The van der Waals surface area contributed by atoms with Crippen LogP contribution in [0, 0.1) is 0 Å². The van der Waals surface area contributed by atoms with Gasteiger partial charge in [0.05, 0.1) is 17.8 Å². The Hall–Kier alpha value is -2.06. The lowest BCUT2D eigenvalue weighted by Gasteiger charge is -2.32. The van der Waals surface area contributed by atoms with Crippen LogP contribution in [0.1, 0.15) is 65.7 Å². The second-order valence-corrected chi connectivity index (χ2v) is 9.24. The van der Waals surface area contributed by atoms with Gasteiger partial charge in [-0.3, -0.25) is 0 Å². The molecule has 0 radical (unpaired) electrons. The molecule has 162 valence electrons. The Morgan fingerprint density at radius 1 is 1.20 bits per heavy atom. The summed E-state index contributed by atoms with van der Waals surface area (Å²) in [4.78, 5) is 18.5. The van der Waals surface area contributed by atoms with E-state index in [4.69, 9.17) is 23.4 Å². The predicted molar refractivity (Wildman–Crippen MR) is 115 cm³/mol. The molecule has 0 spiro atoms. The highest BCUT2D eigenvalue weighted by Crippen LogP contribution is 2.37. The van der Waals surface area contributed by atoms with E-state index in [1.54, 1.807) is 4.90 Å². The fraction of sp³-hybridized carbons (Fsp3) is 0.636. The zero-order valence-corrected chi connectivity index (χ0v) is 18.6. The van der Waals surface area contributed by atoms with Gasteiger partial charge in [-0.1, -0.05) is 13.0 Å². The molecule has 2 fully saturated rings. The van der Waals surface area contributed by atoms with Crippen LogP contribution in [-0.4, -0.2) is 54.0 Å². The number of ether oxygens (including phenoxy) is 1. The van der Waals surface area contributed by atoms with E-state index in [9.17, 15) is 4.79 Å². The minimum atomic E-state index is -0.426. The highest BCUT2D eigenvalue weighted by atomic mass is 16.7. The largest absolute Gasteiger partial charge is 0.494 e. The third-order valence-corrected chi connectivity index (χ3v) is 6.49. The molecular weight excluding hydrogens is 383 g/mol. The molecule has 1 aromatic carbocycles. The van der Waals surface area contributed by atoms with E-state index >= 15 is 0 Å². The van der Waals surface area contributed by atoms with Crippen molar-refractivity contribution in [2.45, 2.75) is 71.0 Å². The molecule has 0 bridgehead atoms. The van der Waals surface area contributed by atoms with Crippen LogP contribution in [0.25, 0.3) is 11.1 Å². The van der Waals surface area contributed by atoms with Crippen LogP contribution >= 0.6 is 0 Å². The maximum absolute atomic E-state index is 12.0. The average Bonchev–Trinajstić information content (AvgIpc) is 3.23. The quantitative estimate of drug-likeness (QED) is 0.708. The first-order valence-corrected chi connectivity index (χ1v) is 10.9. The Kier molecular flexibility index (Phi) is 5.57. The molecule has 30 heavy (non-hydrogen) atoms. The Labute approximate surface area is 178 Å². The lowest BCUT2D eigenvalue weighted by Crippen LogP contribution is -2.41. The number of carbonyl (C=O) groups is 1. The minimum absolute atomic E-state index is 0.202. The lowest BCUT2D eigenvalue weighted by molar-refractivity contribution is 0.00578. The third-order valence-electron chi connectivity index (χ3n) is 6.49. The van der Waals surface area contributed by atoms with Gasteiger partial charge in [0.1, 0.15) is 5.52 Å². The van der Waals surface area contributed by atoms with E-state index in [0.717, 1.165) is 41.7 Å². The fourth-order valence-electron chi connectivity index (χ4n) is 3.85. The molecule has 0 N–H and O–H groups in total. The molecule has 0 saturated carbocycles. The standard InChI is InChI=1S/C22H31BN2O5/c1-6-13-27-20(26)25-11-9-15(10-12-25)19-24-17-8-7-16(14-18(17)28-19)23-29-21(2,3)22(4,5)30-23/h7-8,14-15H,6,9-13H2,1-5H3. The number of likely N-dealkylation sites (tertiary alicyclic amines) is 1. The van der Waals surface area contributed by atoms with E-state index in [-0.39, 0.29) is 23.2 Å². The minimum Gasteiger partial charge on any atom is -0.449 e. The second-order valence-electron chi connectivity index (χ2n) is 9.24. The van der Waals surface area contributed by atoms with Gasteiger partial charge in [-0.05, 0) is 64.6 Å². The summed E-state index contributed by atoms with van der Waals surface area (Å²) in [5, 5.41) is 0. The summed E-state index contributed by atoms with van der Waals surface area (Å²) in [6.07, 6.45) is 2.25. The van der Waals surface area contributed by atoms with Crippen molar-refractivity contribution >= 4 is 29.8 Å². The van der Waals surface area contributed by atoms with Gasteiger partial charge in [0.2, 0.25) is 0 Å². The van der Waals surface area contributed by atoms with Crippen LogP contribution in [0.4, 0.5) is 4.79 Å². The van der Waals surface area contributed by atoms with Crippen molar-refractivity contribution in [3.8, 4) is 0 Å². The molecule has 2 aliphatic rings. The maximum Gasteiger partial charge on any atom is 0.494 e. The SMILES string of the molecule is CCCOC(=O)N1CCC(c2nc3ccc(B4OC(C)(C)C(C)(C)O4)cc3o2)CC1. The van der Waals surface area contributed by atoms with Gasteiger partial charge >= 0.3 is 13.2 Å². The molecule has 2 saturated heterocycles. The number of benzene rings is 1. The summed E-state index contributed by atoms with van der Waals surface area (Å²) in [5.74, 6) is 0.936. The zero-order valence-electron chi connectivity index (χ0n) is 18.6. The normalized spacial score (nSPS) is 21.4. The van der Waals surface area contributed by atoms with Crippen LogP contribution < -0.4 is 5.46 Å². The van der Waals surface area contributed by atoms with Crippen LogP contribution in [0.2, 0.25) is 0 Å². The van der Waals surface area contributed by atoms with E-state index < -0.39 is 7.12 Å². The van der Waals surface area contributed by atoms with Crippen molar-refractivity contribution in [3.63, 3.8) is 0 Å². The molecular formula is C22H31BN2O5. The molecule has 0 atom stereocenters. The Morgan fingerprint density at radius 3 is 2.50 bits per heavy atom. The second kappa shape index (κ2) is 7.89. The molecule has 1 aromatic heterocycles. The summed E-state index contributed by atoms with van der Waals surface area (Å²) in [7, 11) is -0.426. The van der Waals surface area contributed by atoms with Gasteiger partial charge in [-0.25, -0.2) is 9.78 Å². The summed E-state index contributed by atoms with van der Waals surface area (Å²) in [6.45, 7) is 12.0. The van der Waals surface area contributed by atoms with Crippen LogP contribution in [0.15, 0.2) is 22.6 Å². The summed E-state index contributed by atoms with van der Waals surface area (Å²) >= 11 is 0. The van der Waals surface area contributed by atoms with Crippen LogP contribution in [0.3, 0.4) is 0 Å². The lowest BCUT2D eigenvalue weighted by atomic mass is 9.79. The number of fused-ring (bicyclic) bond motifs is 1. The number of rotatable bonds is 4. The molecule has 1 amide bonds. The van der Waals surface area contributed by atoms with Crippen LogP contribution in [-0.2, 0) is 14.0 Å². The van der Waals surface area contributed by atoms with Gasteiger partial charge in [0.25, 0.3) is 0 Å². The Bertz CT molecular complexity index is 901. The van der Waals surface area contributed by atoms with Crippen molar-refractivity contribution in [1.29, 1.82) is 0 Å². The molecule has 3 heterocycles. The summed E-state index contributed by atoms with van der Waals surface area (Å²) in [5.41, 5.74) is 1.73. The van der Waals surface area contributed by atoms with E-state index in [0.29, 0.717) is 19.7 Å².